The quantitative estimate of drug-likeness (QED) is 0.364. The van der Waals surface area contributed by atoms with E-state index in [1.165, 1.54) is 49.7 Å². The molecule has 0 radical (unpaired) electrons. The molecule has 0 heterocycles. The fraction of sp³-hybridized carbons (Fsp3) is 0.185. The smallest absolute Gasteiger partial charge is 0.0149 e. The largest absolute Gasteiger partial charge is 0.0587 e. The van der Waals surface area contributed by atoms with Gasteiger partial charge in [-0.3, -0.25) is 0 Å². The Kier molecular flexibility index (Phi) is 4.81. The molecule has 4 rings (SSSR count). The van der Waals surface area contributed by atoms with Crippen molar-refractivity contribution < 1.29 is 0 Å². The van der Waals surface area contributed by atoms with Gasteiger partial charge in [0, 0.05) is 0 Å². The molecule has 0 aliphatic rings. The van der Waals surface area contributed by atoms with Crippen molar-refractivity contribution in [3.63, 3.8) is 0 Å². The molecule has 0 amide bonds. The Bertz CT molecular complexity index is 1070. The lowest BCUT2D eigenvalue weighted by Crippen LogP contribution is -1.94. The summed E-state index contributed by atoms with van der Waals surface area (Å²) in [4.78, 5) is 0. The molecule has 0 atom stereocenters. The van der Waals surface area contributed by atoms with Gasteiger partial charge in [0.15, 0.2) is 0 Å². The molecular formula is C27H26. The van der Waals surface area contributed by atoms with Gasteiger partial charge in [-0.2, -0.15) is 0 Å². The average molecular weight is 351 g/mol. The van der Waals surface area contributed by atoms with Crippen molar-refractivity contribution in [1.82, 2.24) is 0 Å². The fourth-order valence-electron chi connectivity index (χ4n) is 3.78. The molecule has 0 bridgehead atoms. The Labute approximate surface area is 162 Å². The van der Waals surface area contributed by atoms with E-state index in [-0.39, 0.29) is 0 Å². The van der Waals surface area contributed by atoms with Gasteiger partial charge in [0.05, 0.1) is 0 Å². The summed E-state index contributed by atoms with van der Waals surface area (Å²) in [5, 5.41) is 2.79. The van der Waals surface area contributed by atoms with Crippen molar-refractivity contribution in [2.45, 2.75) is 33.6 Å². The Morgan fingerprint density at radius 3 is 1.85 bits per heavy atom. The monoisotopic (exact) mass is 350 g/mol. The Balaban J connectivity index is 1.53. The maximum absolute atomic E-state index is 2.31. The maximum atomic E-state index is 2.31. The Hall–Kier alpha value is -2.86. The van der Waals surface area contributed by atoms with Crippen LogP contribution in [0.2, 0.25) is 0 Å². The molecule has 4 aromatic carbocycles. The summed E-state index contributed by atoms with van der Waals surface area (Å²) in [6, 6.07) is 29.2. The molecule has 0 fully saturated rings. The van der Waals surface area contributed by atoms with E-state index >= 15 is 0 Å². The highest BCUT2D eigenvalue weighted by Gasteiger charge is 2.05. The first kappa shape index (κ1) is 17.5. The fourth-order valence-corrected chi connectivity index (χ4v) is 3.78. The zero-order valence-electron chi connectivity index (χ0n) is 16.4. The zero-order chi connectivity index (χ0) is 18.8. The lowest BCUT2D eigenvalue weighted by molar-refractivity contribution is 0.969. The molecule has 0 aromatic heterocycles. The first-order chi connectivity index (χ1) is 13.1. The summed E-state index contributed by atoms with van der Waals surface area (Å²) in [6.45, 7) is 6.50. The highest BCUT2D eigenvalue weighted by molar-refractivity contribution is 5.89. The van der Waals surface area contributed by atoms with Gasteiger partial charge in [-0.15, -0.1) is 0 Å². The van der Waals surface area contributed by atoms with E-state index in [2.05, 4.69) is 99.6 Å². The van der Waals surface area contributed by atoms with E-state index in [1.54, 1.807) is 0 Å². The number of aryl methyl sites for hydroxylation is 5. The third-order valence-electron chi connectivity index (χ3n) is 5.50. The summed E-state index contributed by atoms with van der Waals surface area (Å²) < 4.78 is 0. The highest BCUT2D eigenvalue weighted by Crippen LogP contribution is 2.26. The number of fused-ring (bicyclic) bond motifs is 1. The van der Waals surface area contributed by atoms with Gasteiger partial charge in [0.2, 0.25) is 0 Å². The van der Waals surface area contributed by atoms with Crippen LogP contribution in [0.15, 0.2) is 78.9 Å². The van der Waals surface area contributed by atoms with Gasteiger partial charge in [0.25, 0.3) is 0 Å². The molecule has 0 unspecified atom stereocenters. The highest BCUT2D eigenvalue weighted by atomic mass is 14.1. The van der Waals surface area contributed by atoms with Crippen LogP contribution in [0.5, 0.6) is 0 Å². The molecule has 0 saturated carbocycles. The van der Waals surface area contributed by atoms with Gasteiger partial charge in [-0.1, -0.05) is 90.0 Å². The normalized spacial score (nSPS) is 11.1. The van der Waals surface area contributed by atoms with Gasteiger partial charge >= 0.3 is 0 Å². The molecule has 134 valence electrons. The molecule has 0 saturated heterocycles. The molecule has 0 heteroatoms. The van der Waals surface area contributed by atoms with Crippen LogP contribution in [-0.4, -0.2) is 0 Å². The van der Waals surface area contributed by atoms with Crippen molar-refractivity contribution in [3.8, 4) is 11.1 Å². The Morgan fingerprint density at radius 1 is 0.519 bits per heavy atom. The van der Waals surface area contributed by atoms with Gasteiger partial charge < -0.3 is 0 Å². The van der Waals surface area contributed by atoms with Crippen molar-refractivity contribution in [3.05, 3.63) is 107 Å². The third kappa shape index (κ3) is 3.80. The second-order valence-corrected chi connectivity index (χ2v) is 7.65. The van der Waals surface area contributed by atoms with Gasteiger partial charge in [-0.25, -0.2) is 0 Å². The van der Waals surface area contributed by atoms with Crippen LogP contribution >= 0.6 is 0 Å². The molecule has 27 heavy (non-hydrogen) atoms. The van der Waals surface area contributed by atoms with Gasteiger partial charge in [0.1, 0.15) is 0 Å². The van der Waals surface area contributed by atoms with E-state index in [0.717, 1.165) is 12.8 Å². The van der Waals surface area contributed by atoms with Crippen LogP contribution in [-0.2, 0) is 12.8 Å². The minimum absolute atomic E-state index is 1.07. The van der Waals surface area contributed by atoms with Crippen LogP contribution in [0, 0.1) is 20.8 Å². The number of hydrogen-bond acceptors (Lipinski definition) is 0. The minimum atomic E-state index is 1.07. The molecule has 0 spiro atoms. The molecule has 4 aromatic rings. The minimum Gasteiger partial charge on any atom is -0.0587 e. The van der Waals surface area contributed by atoms with Crippen LogP contribution in [0.3, 0.4) is 0 Å². The summed E-state index contributed by atoms with van der Waals surface area (Å²) in [5.74, 6) is 0. The summed E-state index contributed by atoms with van der Waals surface area (Å²) in [5.41, 5.74) is 9.40. The lowest BCUT2D eigenvalue weighted by atomic mass is 9.94. The number of hydrogen-bond donors (Lipinski definition) is 0. The molecule has 0 nitrogen and oxygen atoms in total. The number of benzene rings is 4. The molecule has 0 aliphatic carbocycles. The van der Waals surface area contributed by atoms with Crippen LogP contribution < -0.4 is 0 Å². The summed E-state index contributed by atoms with van der Waals surface area (Å²) in [7, 11) is 0. The SMILES string of the molecule is Cc1ccc(-c2ccc(CCc3ccc(C)c4cc(C)ccc34)cc2)cc1. The predicted molar refractivity (Wildman–Crippen MR) is 117 cm³/mol. The topological polar surface area (TPSA) is 0 Å². The van der Waals surface area contributed by atoms with Crippen LogP contribution in [0.1, 0.15) is 27.8 Å². The lowest BCUT2D eigenvalue weighted by Gasteiger charge is -2.11. The zero-order valence-corrected chi connectivity index (χ0v) is 16.4. The van der Waals surface area contributed by atoms with E-state index in [4.69, 9.17) is 0 Å². The third-order valence-corrected chi connectivity index (χ3v) is 5.50. The summed E-state index contributed by atoms with van der Waals surface area (Å²) >= 11 is 0. The van der Waals surface area contributed by atoms with Crippen molar-refractivity contribution in [1.29, 1.82) is 0 Å². The van der Waals surface area contributed by atoms with E-state index in [0.29, 0.717) is 0 Å². The van der Waals surface area contributed by atoms with Crippen LogP contribution in [0.25, 0.3) is 21.9 Å². The predicted octanol–water partition coefficient (Wildman–Crippen LogP) is 7.22. The molecular weight excluding hydrogens is 324 g/mol. The second-order valence-electron chi connectivity index (χ2n) is 7.65. The van der Waals surface area contributed by atoms with Gasteiger partial charge in [-0.05, 0) is 72.2 Å². The molecule has 0 aliphatic heterocycles. The summed E-state index contributed by atoms with van der Waals surface area (Å²) in [6.07, 6.45) is 2.14. The first-order valence-corrected chi connectivity index (χ1v) is 9.75. The second kappa shape index (κ2) is 7.40. The van der Waals surface area contributed by atoms with Crippen molar-refractivity contribution in [2.75, 3.05) is 0 Å². The average Bonchev–Trinajstić information content (AvgIpc) is 2.69. The maximum Gasteiger partial charge on any atom is -0.0149 e. The van der Waals surface area contributed by atoms with Crippen LogP contribution in [0.4, 0.5) is 0 Å². The Morgan fingerprint density at radius 2 is 1.15 bits per heavy atom. The molecule has 0 N–H and O–H groups in total. The standard InChI is InChI=1S/C27H26/c1-19-4-11-23(12-5-19)24-14-8-22(9-15-24)10-16-25-13-7-21(3)27-18-20(2)6-17-26(25)27/h4-9,11-15,17-18H,10,16H2,1-3H3. The van der Waals surface area contributed by atoms with E-state index in [1.807, 2.05) is 0 Å². The van der Waals surface area contributed by atoms with E-state index in [9.17, 15) is 0 Å². The number of rotatable bonds is 4. The van der Waals surface area contributed by atoms with Crippen molar-refractivity contribution in [2.24, 2.45) is 0 Å². The van der Waals surface area contributed by atoms with Crippen molar-refractivity contribution >= 4 is 10.8 Å². The van der Waals surface area contributed by atoms with E-state index < -0.39 is 0 Å². The first-order valence-electron chi connectivity index (χ1n) is 9.75.